The highest BCUT2D eigenvalue weighted by Gasteiger charge is 2.26. The molecule has 0 bridgehead atoms. The lowest BCUT2D eigenvalue weighted by atomic mass is 9.83. The van der Waals surface area contributed by atoms with E-state index in [4.69, 9.17) is 10.8 Å². The zero-order chi connectivity index (χ0) is 21.5. The maximum absolute atomic E-state index is 12.4. The highest BCUT2D eigenvalue weighted by atomic mass is 16.4. The number of aromatic carboxylic acids is 1. The number of primary amides is 1. The van der Waals surface area contributed by atoms with Gasteiger partial charge in [-0.15, -0.1) is 0 Å². The number of carbonyl (C=O) groups excluding carboxylic acids is 1. The van der Waals surface area contributed by atoms with E-state index < -0.39 is 17.8 Å². The minimum atomic E-state index is -1.01. The van der Waals surface area contributed by atoms with Crippen molar-refractivity contribution >= 4 is 17.4 Å². The van der Waals surface area contributed by atoms with E-state index in [1.165, 1.54) is 37.8 Å². The summed E-state index contributed by atoms with van der Waals surface area (Å²) in [6, 6.07) is 14.5. The normalized spacial score (nSPS) is 18.5. The van der Waals surface area contributed by atoms with Crippen molar-refractivity contribution in [3.8, 4) is 0 Å². The van der Waals surface area contributed by atoms with Crippen LogP contribution in [0, 0.1) is 0 Å². The monoisotopic (exact) mass is 406 g/mol. The summed E-state index contributed by atoms with van der Waals surface area (Å²) in [5.41, 5.74) is 9.29. The average molecular weight is 407 g/mol. The van der Waals surface area contributed by atoms with Crippen LogP contribution in [0.25, 0.3) is 5.57 Å². The molecule has 158 valence electrons. The van der Waals surface area contributed by atoms with Gasteiger partial charge in [-0.05, 0) is 53.8 Å². The second-order valence-electron chi connectivity index (χ2n) is 7.94. The van der Waals surface area contributed by atoms with E-state index in [1.54, 1.807) is 12.1 Å². The number of hydrogen-bond donors (Lipinski definition) is 3. The molecule has 1 amide bonds. The van der Waals surface area contributed by atoms with Crippen LogP contribution in [0.1, 0.15) is 77.5 Å². The molecule has 4 N–H and O–H groups in total. The highest BCUT2D eigenvalue weighted by Crippen LogP contribution is 2.36. The molecule has 2 aromatic rings. The lowest BCUT2D eigenvalue weighted by molar-refractivity contribution is -0.118. The molecular formula is C25H30N2O3. The van der Waals surface area contributed by atoms with Crippen LogP contribution in [0.4, 0.5) is 0 Å². The highest BCUT2D eigenvalue weighted by molar-refractivity contribution is 5.96. The molecule has 30 heavy (non-hydrogen) atoms. The average Bonchev–Trinajstić information content (AvgIpc) is 2.88. The van der Waals surface area contributed by atoms with Gasteiger partial charge in [-0.25, -0.2) is 4.79 Å². The van der Waals surface area contributed by atoms with Gasteiger partial charge in [-0.1, -0.05) is 68.7 Å². The van der Waals surface area contributed by atoms with Crippen molar-refractivity contribution in [2.75, 3.05) is 6.54 Å². The van der Waals surface area contributed by atoms with Gasteiger partial charge in [-0.3, -0.25) is 4.79 Å². The summed E-state index contributed by atoms with van der Waals surface area (Å²) in [5, 5.41) is 12.8. The summed E-state index contributed by atoms with van der Waals surface area (Å²) in [5.74, 6) is -2.22. The summed E-state index contributed by atoms with van der Waals surface area (Å²) in [7, 11) is 0. The fraction of sp³-hybridized carbons (Fsp3) is 0.360. The molecule has 0 spiro atoms. The Morgan fingerprint density at radius 3 is 2.37 bits per heavy atom. The Kier molecular flexibility index (Phi) is 7.41. The van der Waals surface area contributed by atoms with Gasteiger partial charge in [-0.2, -0.15) is 0 Å². The maximum Gasteiger partial charge on any atom is 0.335 e. The standard InChI is InChI=1S/C25H30N2O3/c1-17(23(24(26)28)18-12-14-19(15-13-18)25(29)30)20-9-6-7-10-21(20)22-11-5-3-2-4-8-16-27-22/h6-7,9-10,12-15,22-23,27H,1-5,8,11,16H2,(H2,26,28)(H,29,30). The third-order valence-corrected chi connectivity index (χ3v) is 5.87. The molecule has 0 saturated carbocycles. The quantitative estimate of drug-likeness (QED) is 0.651. The van der Waals surface area contributed by atoms with Gasteiger partial charge >= 0.3 is 5.97 Å². The van der Waals surface area contributed by atoms with Crippen molar-refractivity contribution < 1.29 is 14.7 Å². The molecule has 2 atom stereocenters. The van der Waals surface area contributed by atoms with Crippen molar-refractivity contribution in [1.29, 1.82) is 0 Å². The molecule has 0 radical (unpaired) electrons. The number of carbonyl (C=O) groups is 2. The first kappa shape index (κ1) is 21.8. The minimum absolute atomic E-state index is 0.169. The Labute approximate surface area is 178 Å². The third kappa shape index (κ3) is 5.16. The molecule has 2 aromatic carbocycles. The van der Waals surface area contributed by atoms with Gasteiger partial charge < -0.3 is 16.2 Å². The van der Waals surface area contributed by atoms with Crippen molar-refractivity contribution in [3.63, 3.8) is 0 Å². The Balaban J connectivity index is 1.93. The second-order valence-corrected chi connectivity index (χ2v) is 7.94. The zero-order valence-electron chi connectivity index (χ0n) is 17.3. The van der Waals surface area contributed by atoms with Crippen LogP contribution < -0.4 is 11.1 Å². The molecule has 2 unspecified atom stereocenters. The summed E-state index contributed by atoms with van der Waals surface area (Å²) in [6.07, 6.45) is 7.14. The summed E-state index contributed by atoms with van der Waals surface area (Å²) < 4.78 is 0. The van der Waals surface area contributed by atoms with E-state index in [0.717, 1.165) is 30.5 Å². The Bertz CT molecular complexity index is 895. The van der Waals surface area contributed by atoms with Crippen LogP contribution in [0.3, 0.4) is 0 Å². The molecule has 5 heteroatoms. The Morgan fingerprint density at radius 2 is 1.67 bits per heavy atom. The van der Waals surface area contributed by atoms with Gasteiger partial charge in [0.25, 0.3) is 0 Å². The van der Waals surface area contributed by atoms with E-state index in [0.29, 0.717) is 11.1 Å². The molecule has 5 nitrogen and oxygen atoms in total. The van der Waals surface area contributed by atoms with Gasteiger partial charge in [0.15, 0.2) is 0 Å². The Hall–Kier alpha value is -2.92. The molecule has 3 rings (SSSR count). The van der Waals surface area contributed by atoms with Crippen molar-refractivity contribution in [3.05, 3.63) is 77.4 Å². The number of benzene rings is 2. The van der Waals surface area contributed by atoms with E-state index >= 15 is 0 Å². The van der Waals surface area contributed by atoms with E-state index in [2.05, 4.69) is 18.0 Å². The number of carboxylic acids is 1. The van der Waals surface area contributed by atoms with Crippen molar-refractivity contribution in [2.24, 2.45) is 5.73 Å². The fourth-order valence-electron chi connectivity index (χ4n) is 4.25. The van der Waals surface area contributed by atoms with Gasteiger partial charge in [0.2, 0.25) is 5.91 Å². The van der Waals surface area contributed by atoms with E-state index in [9.17, 15) is 9.59 Å². The number of nitrogens with two attached hydrogens (primary N) is 1. The number of hydrogen-bond acceptors (Lipinski definition) is 3. The number of rotatable bonds is 6. The lowest BCUT2D eigenvalue weighted by Crippen LogP contribution is -2.25. The third-order valence-electron chi connectivity index (χ3n) is 5.87. The number of carboxylic acid groups (broad SMARTS) is 1. The Morgan fingerprint density at radius 1 is 1.00 bits per heavy atom. The minimum Gasteiger partial charge on any atom is -0.478 e. The van der Waals surface area contributed by atoms with E-state index in [-0.39, 0.29) is 11.6 Å². The molecule has 1 aliphatic rings. The molecule has 0 aromatic heterocycles. The lowest BCUT2D eigenvalue weighted by Gasteiger charge is -2.25. The van der Waals surface area contributed by atoms with Crippen LogP contribution in [0.2, 0.25) is 0 Å². The summed E-state index contributed by atoms with van der Waals surface area (Å²) >= 11 is 0. The van der Waals surface area contributed by atoms with Crippen LogP contribution in [-0.4, -0.2) is 23.5 Å². The maximum atomic E-state index is 12.4. The van der Waals surface area contributed by atoms with Crippen molar-refractivity contribution in [1.82, 2.24) is 5.32 Å². The van der Waals surface area contributed by atoms with Crippen LogP contribution in [-0.2, 0) is 4.79 Å². The second kappa shape index (κ2) is 10.2. The fourth-order valence-corrected chi connectivity index (χ4v) is 4.25. The first-order valence-electron chi connectivity index (χ1n) is 10.6. The zero-order valence-corrected chi connectivity index (χ0v) is 17.3. The molecule has 1 heterocycles. The number of amides is 1. The van der Waals surface area contributed by atoms with Crippen LogP contribution in [0.5, 0.6) is 0 Å². The van der Waals surface area contributed by atoms with Crippen LogP contribution in [0.15, 0.2) is 55.1 Å². The van der Waals surface area contributed by atoms with Gasteiger partial charge in [0, 0.05) is 6.04 Å². The molecule has 1 aliphatic heterocycles. The number of nitrogens with one attached hydrogen (secondary N) is 1. The predicted octanol–water partition coefficient (Wildman–Crippen LogP) is 4.65. The first-order valence-corrected chi connectivity index (χ1v) is 10.6. The van der Waals surface area contributed by atoms with Crippen LogP contribution >= 0.6 is 0 Å². The summed E-state index contributed by atoms with van der Waals surface area (Å²) in [4.78, 5) is 23.5. The predicted molar refractivity (Wildman–Crippen MR) is 119 cm³/mol. The SMILES string of the molecule is C=C(c1ccccc1C1CCCCCCCN1)C(C(N)=O)c1ccc(C(=O)O)cc1. The largest absolute Gasteiger partial charge is 0.478 e. The summed E-state index contributed by atoms with van der Waals surface area (Å²) in [6.45, 7) is 5.23. The smallest absolute Gasteiger partial charge is 0.335 e. The molecule has 1 saturated heterocycles. The topological polar surface area (TPSA) is 92.4 Å². The first-order chi connectivity index (χ1) is 14.5. The van der Waals surface area contributed by atoms with Gasteiger partial charge in [0.05, 0.1) is 11.5 Å². The molecule has 0 aliphatic carbocycles. The van der Waals surface area contributed by atoms with Gasteiger partial charge in [0.1, 0.15) is 0 Å². The molecule has 1 fully saturated rings. The van der Waals surface area contributed by atoms with E-state index in [1.807, 2.05) is 18.2 Å². The molecular weight excluding hydrogens is 376 g/mol. The van der Waals surface area contributed by atoms with Crippen molar-refractivity contribution in [2.45, 2.75) is 50.5 Å².